The molecule has 0 radical (unpaired) electrons. The predicted molar refractivity (Wildman–Crippen MR) is 83.3 cm³/mol. The molecule has 1 amide bonds. The van der Waals surface area contributed by atoms with E-state index in [1.54, 1.807) is 0 Å². The fourth-order valence-corrected chi connectivity index (χ4v) is 3.57. The topological polar surface area (TPSA) is 74.8 Å². The fourth-order valence-electron chi connectivity index (χ4n) is 3.57. The molecule has 0 spiro atoms. The van der Waals surface area contributed by atoms with Crippen LogP contribution in [0.25, 0.3) is 0 Å². The van der Waals surface area contributed by atoms with E-state index in [4.69, 9.17) is 0 Å². The van der Waals surface area contributed by atoms with Gasteiger partial charge in [0.2, 0.25) is 5.91 Å². The highest BCUT2D eigenvalue weighted by molar-refractivity contribution is 6.02. The van der Waals surface area contributed by atoms with Crippen molar-refractivity contribution in [1.29, 1.82) is 0 Å². The Bertz CT molecular complexity index is 506. The van der Waals surface area contributed by atoms with E-state index in [9.17, 15) is 9.59 Å². The molecule has 0 aliphatic heterocycles. The molecule has 0 unspecified atom stereocenters. The molecule has 1 aromatic rings. The van der Waals surface area contributed by atoms with Gasteiger partial charge in [-0.1, -0.05) is 32.1 Å². The Labute approximate surface area is 131 Å². The van der Waals surface area contributed by atoms with Gasteiger partial charge in [-0.15, -0.1) is 0 Å². The van der Waals surface area contributed by atoms with Crippen molar-refractivity contribution in [3.8, 4) is 0 Å². The van der Waals surface area contributed by atoms with Gasteiger partial charge in [0.05, 0.1) is 12.5 Å². The Hall–Kier alpha value is -1.65. The maximum atomic E-state index is 12.1. The van der Waals surface area contributed by atoms with E-state index >= 15 is 0 Å². The van der Waals surface area contributed by atoms with Gasteiger partial charge in [0.15, 0.2) is 5.78 Å². The van der Waals surface area contributed by atoms with Crippen LogP contribution in [0.15, 0.2) is 12.5 Å². The van der Waals surface area contributed by atoms with Crippen molar-refractivity contribution in [3.05, 3.63) is 18.2 Å². The van der Waals surface area contributed by atoms with E-state index in [0.717, 1.165) is 18.9 Å². The largest absolute Gasteiger partial charge is 0.356 e. The number of hydrogen-bond acceptors (Lipinski definition) is 3. The van der Waals surface area contributed by atoms with Crippen LogP contribution in [0.1, 0.15) is 61.9 Å². The lowest BCUT2D eigenvalue weighted by atomic mass is 9.86. The number of amides is 1. The summed E-state index contributed by atoms with van der Waals surface area (Å²) in [7, 11) is 0. The first-order chi connectivity index (χ1) is 10.8. The number of ketones is 1. The van der Waals surface area contributed by atoms with Gasteiger partial charge in [-0.2, -0.15) is 0 Å². The molecule has 3 rings (SSSR count). The monoisotopic (exact) mass is 303 g/mol. The summed E-state index contributed by atoms with van der Waals surface area (Å²) in [6, 6.07) is 0. The molecule has 2 aliphatic carbocycles. The Morgan fingerprint density at radius 3 is 2.77 bits per heavy atom. The summed E-state index contributed by atoms with van der Waals surface area (Å²) in [5.41, 5.74) is 0.512. The second-order valence-corrected chi connectivity index (χ2v) is 6.72. The quantitative estimate of drug-likeness (QED) is 0.601. The Morgan fingerprint density at radius 2 is 2.05 bits per heavy atom. The number of aromatic amines is 1. The molecule has 2 aliphatic rings. The molecule has 1 aromatic heterocycles. The second kappa shape index (κ2) is 7.07. The molecule has 2 N–H and O–H groups in total. The second-order valence-electron chi connectivity index (χ2n) is 6.72. The first-order valence-electron chi connectivity index (χ1n) is 8.56. The lowest BCUT2D eigenvalue weighted by molar-refractivity contribution is -0.122. The van der Waals surface area contributed by atoms with Crippen molar-refractivity contribution in [2.75, 3.05) is 6.54 Å². The number of Topliss-reactive ketones (excluding diaryl/α,β-unsaturated/α-hetero) is 1. The smallest absolute Gasteiger partial charge is 0.223 e. The third-order valence-corrected chi connectivity index (χ3v) is 5.04. The standard InChI is InChI=1S/C17H25N3O2/c21-16(15-10-18-11-20-15)13-9-14(13)17(22)19-8-4-7-12-5-2-1-3-6-12/h10-14H,1-9H2,(H,18,20)(H,19,22)/t13-,14+/m0/s1. The number of nitrogens with zero attached hydrogens (tertiary/aromatic N) is 1. The summed E-state index contributed by atoms with van der Waals surface area (Å²) in [5, 5.41) is 3.00. The van der Waals surface area contributed by atoms with Gasteiger partial charge in [0.1, 0.15) is 5.69 Å². The van der Waals surface area contributed by atoms with Gasteiger partial charge in [-0.3, -0.25) is 9.59 Å². The molecule has 1 heterocycles. The molecule has 2 atom stereocenters. The Kier molecular flexibility index (Phi) is 4.90. The summed E-state index contributed by atoms with van der Waals surface area (Å²) in [6.45, 7) is 0.747. The van der Waals surface area contributed by atoms with Gasteiger partial charge >= 0.3 is 0 Å². The minimum Gasteiger partial charge on any atom is -0.356 e. The SMILES string of the molecule is O=C(c1cnc[nH]1)[C@H]1C[C@H]1C(=O)NCCCC1CCCCC1. The molecular weight excluding hydrogens is 278 g/mol. The van der Waals surface area contributed by atoms with Gasteiger partial charge in [0.25, 0.3) is 0 Å². The molecule has 2 fully saturated rings. The summed E-state index contributed by atoms with van der Waals surface area (Å²) in [4.78, 5) is 30.8. The fraction of sp³-hybridized carbons (Fsp3) is 0.706. The maximum Gasteiger partial charge on any atom is 0.223 e. The summed E-state index contributed by atoms with van der Waals surface area (Å²) >= 11 is 0. The van der Waals surface area contributed by atoms with E-state index < -0.39 is 0 Å². The zero-order valence-corrected chi connectivity index (χ0v) is 13.0. The third kappa shape index (κ3) is 3.76. The van der Waals surface area contributed by atoms with Crippen LogP contribution in [0.5, 0.6) is 0 Å². The average molecular weight is 303 g/mol. The highest BCUT2D eigenvalue weighted by Gasteiger charge is 2.48. The minimum absolute atomic E-state index is 0.0138. The number of rotatable bonds is 7. The molecule has 0 aromatic carbocycles. The molecule has 0 saturated heterocycles. The maximum absolute atomic E-state index is 12.1. The van der Waals surface area contributed by atoms with Crippen molar-refractivity contribution in [3.63, 3.8) is 0 Å². The van der Waals surface area contributed by atoms with E-state index in [1.165, 1.54) is 51.0 Å². The van der Waals surface area contributed by atoms with Gasteiger partial charge in [-0.05, 0) is 25.2 Å². The highest BCUT2D eigenvalue weighted by Crippen LogP contribution is 2.40. The predicted octanol–water partition coefficient (Wildman–Crippen LogP) is 2.71. The van der Waals surface area contributed by atoms with E-state index in [0.29, 0.717) is 12.1 Å². The van der Waals surface area contributed by atoms with Crippen LogP contribution in [-0.2, 0) is 4.79 Å². The summed E-state index contributed by atoms with van der Waals surface area (Å²) < 4.78 is 0. The molecule has 2 saturated carbocycles. The van der Waals surface area contributed by atoms with Crippen molar-refractivity contribution in [1.82, 2.24) is 15.3 Å². The van der Waals surface area contributed by atoms with Gasteiger partial charge in [0, 0.05) is 18.4 Å². The van der Waals surface area contributed by atoms with Crippen molar-refractivity contribution >= 4 is 11.7 Å². The van der Waals surface area contributed by atoms with Crippen LogP contribution in [0.3, 0.4) is 0 Å². The highest BCUT2D eigenvalue weighted by atomic mass is 16.2. The molecule has 0 bridgehead atoms. The van der Waals surface area contributed by atoms with Crippen LogP contribution < -0.4 is 5.32 Å². The van der Waals surface area contributed by atoms with Crippen LogP contribution in [0.4, 0.5) is 0 Å². The number of nitrogens with one attached hydrogen (secondary N) is 2. The van der Waals surface area contributed by atoms with E-state index in [1.807, 2.05) is 0 Å². The zero-order valence-electron chi connectivity index (χ0n) is 13.0. The molecule has 22 heavy (non-hydrogen) atoms. The minimum atomic E-state index is -0.154. The number of imidazole rings is 1. The Morgan fingerprint density at radius 1 is 1.23 bits per heavy atom. The number of H-pyrrole nitrogens is 1. The number of aromatic nitrogens is 2. The molecular formula is C17H25N3O2. The average Bonchev–Trinajstić information content (AvgIpc) is 3.16. The molecule has 120 valence electrons. The first kappa shape index (κ1) is 15.3. The first-order valence-corrected chi connectivity index (χ1v) is 8.56. The van der Waals surface area contributed by atoms with Crippen LogP contribution >= 0.6 is 0 Å². The van der Waals surface area contributed by atoms with Crippen LogP contribution in [0.2, 0.25) is 0 Å². The van der Waals surface area contributed by atoms with Crippen molar-refractivity contribution in [2.45, 2.75) is 51.4 Å². The summed E-state index contributed by atoms with van der Waals surface area (Å²) in [6.07, 6.45) is 12.8. The normalized spacial score (nSPS) is 24.9. The Balaban J connectivity index is 1.32. The lowest BCUT2D eigenvalue weighted by Crippen LogP contribution is -2.27. The zero-order chi connectivity index (χ0) is 15.4. The van der Waals surface area contributed by atoms with E-state index in [-0.39, 0.29) is 23.5 Å². The molecule has 5 heteroatoms. The third-order valence-electron chi connectivity index (χ3n) is 5.04. The van der Waals surface area contributed by atoms with Crippen LogP contribution in [-0.4, -0.2) is 28.2 Å². The number of carbonyl (C=O) groups excluding carboxylic acids is 2. The lowest BCUT2D eigenvalue weighted by Gasteiger charge is -2.21. The number of carbonyl (C=O) groups is 2. The van der Waals surface area contributed by atoms with Gasteiger partial charge < -0.3 is 10.3 Å². The number of hydrogen-bond donors (Lipinski definition) is 2. The van der Waals surface area contributed by atoms with Crippen molar-refractivity contribution < 1.29 is 9.59 Å². The van der Waals surface area contributed by atoms with Crippen molar-refractivity contribution in [2.24, 2.45) is 17.8 Å². The van der Waals surface area contributed by atoms with Crippen LogP contribution in [0, 0.1) is 17.8 Å². The molecule has 5 nitrogen and oxygen atoms in total. The van der Waals surface area contributed by atoms with Gasteiger partial charge in [-0.25, -0.2) is 4.98 Å². The van der Waals surface area contributed by atoms with E-state index in [2.05, 4.69) is 15.3 Å². The summed E-state index contributed by atoms with van der Waals surface area (Å²) in [5.74, 6) is 0.631.